The minimum Gasteiger partial charge on any atom is -0.492 e. The molecule has 0 saturated carbocycles. The van der Waals surface area contributed by atoms with Gasteiger partial charge in [0.25, 0.3) is 5.56 Å². The quantitative estimate of drug-likeness (QED) is 0.448. The topological polar surface area (TPSA) is 124 Å². The van der Waals surface area contributed by atoms with Gasteiger partial charge in [0.2, 0.25) is 5.95 Å². The molecule has 0 atom stereocenters. The van der Waals surface area contributed by atoms with Crippen LogP contribution in [0.3, 0.4) is 0 Å². The van der Waals surface area contributed by atoms with Crippen LogP contribution < -0.4 is 26.2 Å². The fourth-order valence-corrected chi connectivity index (χ4v) is 3.73. The van der Waals surface area contributed by atoms with Gasteiger partial charge in [-0.1, -0.05) is 24.1 Å². The predicted octanol–water partition coefficient (Wildman–Crippen LogP) is 1.04. The van der Waals surface area contributed by atoms with E-state index in [1.54, 1.807) is 6.92 Å². The van der Waals surface area contributed by atoms with E-state index in [9.17, 15) is 22.8 Å². The van der Waals surface area contributed by atoms with Crippen molar-refractivity contribution in [1.29, 1.82) is 0 Å². The van der Waals surface area contributed by atoms with Crippen molar-refractivity contribution in [3.63, 3.8) is 0 Å². The maximum absolute atomic E-state index is 13.1. The first-order valence-electron chi connectivity index (χ1n) is 11.6. The zero-order valence-corrected chi connectivity index (χ0v) is 20.8. The van der Waals surface area contributed by atoms with E-state index in [2.05, 4.69) is 22.1 Å². The van der Waals surface area contributed by atoms with Gasteiger partial charge in [0.1, 0.15) is 12.4 Å². The second-order valence-corrected chi connectivity index (χ2v) is 8.10. The molecule has 38 heavy (non-hydrogen) atoms. The van der Waals surface area contributed by atoms with Crippen LogP contribution in [0, 0.1) is 11.8 Å². The van der Waals surface area contributed by atoms with E-state index in [1.807, 2.05) is 34.9 Å². The lowest BCUT2D eigenvalue weighted by Crippen LogP contribution is -2.44. The predicted molar refractivity (Wildman–Crippen MR) is 133 cm³/mol. The summed E-state index contributed by atoms with van der Waals surface area (Å²) in [6.45, 7) is 5.85. The Bertz CT molecular complexity index is 1440. The van der Waals surface area contributed by atoms with Gasteiger partial charge in [-0.05, 0) is 19.1 Å². The standard InChI is InChI=1S/C22H26N6O3.C2HF3O2/c1-3-4-12-27-18-19(24-21(27)26-13-10-23-11-14-26)28(22(30)25(2)20(18)29)15-16-31-17-8-6-5-7-9-17;3-2(4,5)1(6)7/h5-9,23H,10-16H2,1-2H3;(H,6,7). The maximum Gasteiger partial charge on any atom is 0.490 e. The highest BCUT2D eigenvalue weighted by Gasteiger charge is 2.38. The molecule has 1 aliphatic heterocycles. The van der Waals surface area contributed by atoms with Gasteiger partial charge < -0.3 is 20.1 Å². The maximum atomic E-state index is 13.1. The Hall–Kier alpha value is -4.25. The molecule has 2 N–H and O–H groups in total. The minimum atomic E-state index is -5.08. The molecular formula is C24H27F3N6O5. The molecule has 2 aromatic heterocycles. The van der Waals surface area contributed by atoms with Gasteiger partial charge in [-0.25, -0.2) is 9.59 Å². The molecule has 14 heteroatoms. The highest BCUT2D eigenvalue weighted by atomic mass is 19.4. The molecule has 0 radical (unpaired) electrons. The van der Waals surface area contributed by atoms with Crippen LogP contribution in [0.4, 0.5) is 19.1 Å². The SMILES string of the molecule is CC#CCn1c(N2CCNCC2)nc2c1c(=O)n(C)c(=O)n2CCOc1ccccc1.O=C(O)C(F)(F)F. The van der Waals surface area contributed by atoms with Gasteiger partial charge in [0.15, 0.2) is 11.2 Å². The van der Waals surface area contributed by atoms with Gasteiger partial charge in [-0.15, -0.1) is 5.92 Å². The highest BCUT2D eigenvalue weighted by molar-refractivity contribution is 5.75. The number of nitrogens with zero attached hydrogens (tertiary/aromatic N) is 5. The number of benzene rings is 1. The fraction of sp³-hybridized carbons (Fsp3) is 0.417. The van der Waals surface area contributed by atoms with E-state index < -0.39 is 17.8 Å². The molecule has 11 nitrogen and oxygen atoms in total. The number of carboxylic acid groups (broad SMARTS) is 1. The van der Waals surface area contributed by atoms with Gasteiger partial charge in [0, 0.05) is 33.2 Å². The summed E-state index contributed by atoms with van der Waals surface area (Å²) in [6.07, 6.45) is -5.08. The molecule has 4 rings (SSSR count). The number of imidazole rings is 1. The summed E-state index contributed by atoms with van der Waals surface area (Å²) < 4.78 is 42.0. The largest absolute Gasteiger partial charge is 0.492 e. The Kier molecular flexibility index (Phi) is 9.19. The Labute approximate surface area is 215 Å². The molecule has 0 aliphatic carbocycles. The zero-order valence-electron chi connectivity index (χ0n) is 20.8. The zero-order chi connectivity index (χ0) is 27.9. The third kappa shape index (κ3) is 6.54. The lowest BCUT2D eigenvalue weighted by atomic mass is 10.3. The molecule has 0 bridgehead atoms. The van der Waals surface area contributed by atoms with Crippen molar-refractivity contribution in [3.8, 4) is 17.6 Å². The smallest absolute Gasteiger partial charge is 0.490 e. The number of hydrogen-bond acceptors (Lipinski definition) is 7. The van der Waals surface area contributed by atoms with Gasteiger partial charge >= 0.3 is 17.8 Å². The van der Waals surface area contributed by atoms with Crippen LogP contribution in [-0.4, -0.2) is 68.7 Å². The second-order valence-electron chi connectivity index (χ2n) is 8.10. The van der Waals surface area contributed by atoms with Crippen molar-refractivity contribution in [1.82, 2.24) is 24.0 Å². The van der Waals surface area contributed by atoms with Gasteiger partial charge in [-0.3, -0.25) is 18.5 Å². The van der Waals surface area contributed by atoms with Crippen LogP contribution in [0.15, 0.2) is 39.9 Å². The summed E-state index contributed by atoms with van der Waals surface area (Å²) in [5, 5.41) is 10.4. The summed E-state index contributed by atoms with van der Waals surface area (Å²) >= 11 is 0. The summed E-state index contributed by atoms with van der Waals surface area (Å²) in [5.74, 6) is 4.56. The fourth-order valence-electron chi connectivity index (χ4n) is 3.73. The van der Waals surface area contributed by atoms with Crippen LogP contribution in [0.5, 0.6) is 5.75 Å². The molecule has 1 fully saturated rings. The van der Waals surface area contributed by atoms with E-state index in [0.717, 1.165) is 36.5 Å². The van der Waals surface area contributed by atoms with Crippen LogP contribution in [0.2, 0.25) is 0 Å². The van der Waals surface area contributed by atoms with Crippen molar-refractivity contribution in [2.75, 3.05) is 37.7 Å². The highest BCUT2D eigenvalue weighted by Crippen LogP contribution is 2.20. The Morgan fingerprint density at radius 3 is 2.37 bits per heavy atom. The molecule has 204 valence electrons. The summed E-state index contributed by atoms with van der Waals surface area (Å²) in [4.78, 5) is 41.8. The Morgan fingerprint density at radius 2 is 1.79 bits per heavy atom. The third-order valence-corrected chi connectivity index (χ3v) is 5.59. The molecule has 1 aliphatic rings. The number of rotatable bonds is 6. The number of para-hydroxylation sites is 1. The van der Waals surface area contributed by atoms with E-state index in [4.69, 9.17) is 19.6 Å². The number of nitrogens with one attached hydrogen (secondary N) is 1. The Balaban J connectivity index is 0.000000505. The number of fused-ring (bicyclic) bond motifs is 1. The van der Waals surface area contributed by atoms with Crippen molar-refractivity contribution in [3.05, 3.63) is 51.2 Å². The number of alkyl halides is 3. The number of aliphatic carboxylic acids is 1. The number of halogens is 3. The second kappa shape index (κ2) is 12.3. The Morgan fingerprint density at radius 1 is 1.16 bits per heavy atom. The monoisotopic (exact) mass is 536 g/mol. The molecule has 3 aromatic rings. The number of carboxylic acids is 1. The number of anilines is 1. The molecule has 3 heterocycles. The van der Waals surface area contributed by atoms with E-state index in [1.165, 1.54) is 11.6 Å². The van der Waals surface area contributed by atoms with Crippen LogP contribution in [-0.2, 0) is 24.9 Å². The molecular weight excluding hydrogens is 509 g/mol. The van der Waals surface area contributed by atoms with Gasteiger partial charge in [-0.2, -0.15) is 18.2 Å². The van der Waals surface area contributed by atoms with Crippen molar-refractivity contribution >= 4 is 23.1 Å². The first-order chi connectivity index (χ1) is 18.1. The van der Waals surface area contributed by atoms with Crippen molar-refractivity contribution in [2.45, 2.75) is 26.2 Å². The molecule has 1 aromatic carbocycles. The molecule has 0 spiro atoms. The minimum absolute atomic E-state index is 0.274. The first kappa shape index (κ1) is 28.3. The van der Waals surface area contributed by atoms with Crippen LogP contribution in [0.1, 0.15) is 6.92 Å². The summed E-state index contributed by atoms with van der Waals surface area (Å²) in [6, 6.07) is 9.42. The molecule has 0 amide bonds. The lowest BCUT2D eigenvalue weighted by Gasteiger charge is -2.28. The lowest BCUT2D eigenvalue weighted by molar-refractivity contribution is -0.192. The molecule has 0 unspecified atom stereocenters. The van der Waals surface area contributed by atoms with Crippen molar-refractivity contribution < 1.29 is 27.8 Å². The number of ether oxygens (including phenoxy) is 1. The summed E-state index contributed by atoms with van der Waals surface area (Å²) in [7, 11) is 1.49. The van der Waals surface area contributed by atoms with Crippen LogP contribution in [0.25, 0.3) is 11.2 Å². The normalized spacial score (nSPS) is 13.3. The van der Waals surface area contributed by atoms with E-state index >= 15 is 0 Å². The van der Waals surface area contributed by atoms with Crippen molar-refractivity contribution in [2.24, 2.45) is 7.05 Å². The number of hydrogen-bond donors (Lipinski definition) is 2. The van der Waals surface area contributed by atoms with Gasteiger partial charge in [0.05, 0.1) is 13.1 Å². The number of carbonyl (C=O) groups is 1. The third-order valence-electron chi connectivity index (χ3n) is 5.59. The molecule has 1 saturated heterocycles. The van der Waals surface area contributed by atoms with E-state index in [-0.39, 0.29) is 18.7 Å². The van der Waals surface area contributed by atoms with Crippen LogP contribution >= 0.6 is 0 Å². The first-order valence-corrected chi connectivity index (χ1v) is 11.6. The average molecular weight is 537 g/mol. The number of piperazine rings is 1. The summed E-state index contributed by atoms with van der Waals surface area (Å²) in [5.41, 5.74) is -0.0199. The number of aromatic nitrogens is 4. The average Bonchev–Trinajstić information content (AvgIpc) is 3.28. The van der Waals surface area contributed by atoms with E-state index in [0.29, 0.717) is 23.7 Å².